The predicted molar refractivity (Wildman–Crippen MR) is 131 cm³/mol. The number of carbonyl (C=O) groups excluding carboxylic acids is 2. The van der Waals surface area contributed by atoms with Gasteiger partial charge in [0.25, 0.3) is 5.24 Å². The highest BCUT2D eigenvalue weighted by molar-refractivity contribution is 8.12. The summed E-state index contributed by atoms with van der Waals surface area (Å²) < 4.78 is 1.17. The molecule has 1 unspecified atom stereocenters. The summed E-state index contributed by atoms with van der Waals surface area (Å²) in [4.78, 5) is 36.9. The van der Waals surface area contributed by atoms with Crippen LogP contribution < -0.4 is 5.32 Å². The first kappa shape index (κ1) is 26.3. The van der Waals surface area contributed by atoms with Gasteiger partial charge in [0.2, 0.25) is 5.16 Å². The van der Waals surface area contributed by atoms with Crippen LogP contribution in [0.2, 0.25) is 15.1 Å². The van der Waals surface area contributed by atoms with E-state index in [2.05, 4.69) is 20.8 Å². The molecule has 178 valence electrons. The quantitative estimate of drug-likeness (QED) is 0.335. The van der Waals surface area contributed by atoms with Gasteiger partial charge in [-0.15, -0.1) is 5.10 Å². The molecule has 0 aliphatic carbocycles. The number of Topliss-reactive ketones (excluding diaryl/α,β-unsaturated/α-hetero) is 1. The van der Waals surface area contributed by atoms with Crippen LogP contribution in [0.5, 0.6) is 0 Å². The van der Waals surface area contributed by atoms with Gasteiger partial charge in [-0.3, -0.25) is 14.4 Å². The van der Waals surface area contributed by atoms with E-state index >= 15 is 0 Å². The SMILES string of the molecule is O=C(O)CC(NC(=O)SCc1ccccc1)C(=O)Cn1nnnc1Sc1c(Cl)ccc(Cl)c1Cl. The molecular formula is C20H16Cl3N5O4S2. The number of thioether (sulfide) groups is 1. The van der Waals surface area contributed by atoms with Crippen LogP contribution in [0.25, 0.3) is 0 Å². The van der Waals surface area contributed by atoms with Gasteiger partial charge in [0, 0.05) is 5.75 Å². The number of aliphatic carboxylic acids is 1. The van der Waals surface area contributed by atoms with Crippen LogP contribution in [0.15, 0.2) is 52.5 Å². The zero-order valence-electron chi connectivity index (χ0n) is 17.2. The molecule has 9 nitrogen and oxygen atoms in total. The van der Waals surface area contributed by atoms with E-state index in [0.29, 0.717) is 15.7 Å². The molecule has 1 heterocycles. The lowest BCUT2D eigenvalue weighted by molar-refractivity contribution is -0.139. The average molecular weight is 561 g/mol. The molecule has 3 aromatic rings. The van der Waals surface area contributed by atoms with E-state index < -0.39 is 29.5 Å². The summed E-state index contributed by atoms with van der Waals surface area (Å²) in [5.41, 5.74) is 0.914. The highest BCUT2D eigenvalue weighted by Gasteiger charge is 2.26. The second-order valence-electron chi connectivity index (χ2n) is 6.72. The Kier molecular flexibility index (Phi) is 9.60. The first-order chi connectivity index (χ1) is 16.2. The molecule has 1 atom stereocenters. The number of aromatic nitrogens is 4. The average Bonchev–Trinajstić information content (AvgIpc) is 3.24. The third-order valence-corrected chi connectivity index (χ3v) is 7.58. The van der Waals surface area contributed by atoms with Crippen LogP contribution in [0, 0.1) is 0 Å². The Morgan fingerprint density at radius 2 is 1.76 bits per heavy atom. The molecule has 1 amide bonds. The van der Waals surface area contributed by atoms with Gasteiger partial charge < -0.3 is 10.4 Å². The number of amides is 1. The minimum Gasteiger partial charge on any atom is -0.481 e. The Morgan fingerprint density at radius 3 is 2.47 bits per heavy atom. The van der Waals surface area contributed by atoms with Crippen molar-refractivity contribution in [2.75, 3.05) is 0 Å². The summed E-state index contributed by atoms with van der Waals surface area (Å²) in [6.45, 7) is -0.382. The Hall–Kier alpha value is -2.31. The number of halogens is 3. The molecule has 34 heavy (non-hydrogen) atoms. The topological polar surface area (TPSA) is 127 Å². The number of carboxylic acid groups (broad SMARTS) is 1. The van der Waals surface area contributed by atoms with Crippen LogP contribution in [-0.2, 0) is 21.9 Å². The Morgan fingerprint density at radius 1 is 1.06 bits per heavy atom. The van der Waals surface area contributed by atoms with Crippen molar-refractivity contribution in [2.24, 2.45) is 0 Å². The Bertz CT molecular complexity index is 1200. The maximum Gasteiger partial charge on any atom is 0.305 e. The zero-order valence-corrected chi connectivity index (χ0v) is 21.1. The molecule has 0 bridgehead atoms. The van der Waals surface area contributed by atoms with E-state index in [-0.39, 0.29) is 21.7 Å². The van der Waals surface area contributed by atoms with Crippen molar-refractivity contribution >= 4 is 75.3 Å². The van der Waals surface area contributed by atoms with Crippen molar-refractivity contribution in [3.05, 3.63) is 63.1 Å². The third kappa shape index (κ3) is 7.34. The minimum atomic E-state index is -1.27. The number of nitrogens with zero attached hydrogens (tertiary/aromatic N) is 4. The number of carboxylic acids is 1. The fourth-order valence-corrected chi connectivity index (χ4v) is 5.01. The Labute approximate surface area is 217 Å². The van der Waals surface area contributed by atoms with Gasteiger partial charge in [-0.05, 0) is 39.9 Å². The fraction of sp³-hybridized carbons (Fsp3) is 0.200. The van der Waals surface area contributed by atoms with Gasteiger partial charge in [0.15, 0.2) is 5.78 Å². The maximum absolute atomic E-state index is 12.9. The van der Waals surface area contributed by atoms with Gasteiger partial charge in [-0.25, -0.2) is 4.68 Å². The van der Waals surface area contributed by atoms with Crippen molar-refractivity contribution in [1.82, 2.24) is 25.5 Å². The second kappa shape index (κ2) is 12.4. The summed E-state index contributed by atoms with van der Waals surface area (Å²) in [6, 6.07) is 11.1. The van der Waals surface area contributed by atoms with E-state index in [9.17, 15) is 19.5 Å². The van der Waals surface area contributed by atoms with Crippen molar-refractivity contribution < 1.29 is 19.5 Å². The lowest BCUT2D eigenvalue weighted by atomic mass is 10.1. The van der Waals surface area contributed by atoms with E-state index in [0.717, 1.165) is 29.1 Å². The zero-order chi connectivity index (χ0) is 24.7. The monoisotopic (exact) mass is 559 g/mol. The van der Waals surface area contributed by atoms with Crippen LogP contribution in [0.3, 0.4) is 0 Å². The molecule has 0 spiro atoms. The summed E-state index contributed by atoms with van der Waals surface area (Å²) in [5.74, 6) is -1.46. The summed E-state index contributed by atoms with van der Waals surface area (Å²) in [6.07, 6.45) is -0.590. The smallest absolute Gasteiger partial charge is 0.305 e. The predicted octanol–water partition coefficient (Wildman–Crippen LogP) is 4.84. The van der Waals surface area contributed by atoms with Crippen molar-refractivity contribution in [3.8, 4) is 0 Å². The van der Waals surface area contributed by atoms with E-state index in [1.807, 2.05) is 30.3 Å². The molecule has 14 heteroatoms. The van der Waals surface area contributed by atoms with Gasteiger partial charge in [0.05, 0.1) is 26.4 Å². The standard InChI is InChI=1S/C20H16Cl3N5O4S2/c21-12-6-7-13(22)18(17(12)23)34-19-25-26-27-28(19)9-15(29)14(8-16(30)31)24-20(32)33-10-11-4-2-1-3-5-11/h1-7,14H,8-10H2,(H,24,32)(H,30,31). The lowest BCUT2D eigenvalue weighted by Gasteiger charge is -2.16. The lowest BCUT2D eigenvalue weighted by Crippen LogP contribution is -2.42. The molecule has 2 N–H and O–H groups in total. The van der Waals surface area contributed by atoms with Crippen LogP contribution in [-0.4, -0.2) is 48.3 Å². The van der Waals surface area contributed by atoms with E-state index in [1.54, 1.807) is 6.07 Å². The number of ketones is 1. The van der Waals surface area contributed by atoms with E-state index in [4.69, 9.17) is 34.8 Å². The number of tetrazole rings is 1. The van der Waals surface area contributed by atoms with Gasteiger partial charge in [-0.1, -0.05) is 76.9 Å². The molecule has 0 aliphatic rings. The third-order valence-electron chi connectivity index (χ3n) is 4.27. The Balaban J connectivity index is 1.68. The first-order valence-electron chi connectivity index (χ1n) is 9.54. The maximum atomic E-state index is 12.9. The highest BCUT2D eigenvalue weighted by Crippen LogP contribution is 2.41. The molecule has 0 fully saturated rings. The number of rotatable bonds is 10. The summed E-state index contributed by atoms with van der Waals surface area (Å²) >= 11 is 20.4. The molecule has 0 saturated heterocycles. The molecule has 0 radical (unpaired) electrons. The van der Waals surface area contributed by atoms with Crippen molar-refractivity contribution in [3.63, 3.8) is 0 Å². The molecular weight excluding hydrogens is 545 g/mol. The molecule has 0 saturated carbocycles. The minimum absolute atomic E-state index is 0.179. The van der Waals surface area contributed by atoms with Crippen LogP contribution in [0.1, 0.15) is 12.0 Å². The number of carbonyl (C=O) groups is 3. The fourth-order valence-electron chi connectivity index (χ4n) is 2.65. The second-order valence-corrected chi connectivity index (χ2v) is 9.83. The number of hydrogen-bond acceptors (Lipinski definition) is 8. The highest BCUT2D eigenvalue weighted by atomic mass is 35.5. The van der Waals surface area contributed by atoms with Crippen molar-refractivity contribution in [1.29, 1.82) is 0 Å². The normalized spacial score (nSPS) is 11.7. The van der Waals surface area contributed by atoms with Crippen molar-refractivity contribution in [2.45, 2.75) is 34.8 Å². The summed E-state index contributed by atoms with van der Waals surface area (Å²) in [7, 11) is 0. The summed E-state index contributed by atoms with van der Waals surface area (Å²) in [5, 5.41) is 23.3. The number of benzene rings is 2. The molecule has 3 rings (SSSR count). The molecule has 0 aliphatic heterocycles. The van der Waals surface area contributed by atoms with Gasteiger partial charge >= 0.3 is 5.97 Å². The number of nitrogens with one attached hydrogen (secondary N) is 1. The van der Waals surface area contributed by atoms with Crippen LogP contribution in [0.4, 0.5) is 4.79 Å². The largest absolute Gasteiger partial charge is 0.481 e. The van der Waals surface area contributed by atoms with E-state index in [1.165, 1.54) is 10.7 Å². The molecule has 1 aromatic heterocycles. The van der Waals surface area contributed by atoms with Crippen LogP contribution >= 0.6 is 58.3 Å². The molecule has 2 aromatic carbocycles. The van der Waals surface area contributed by atoms with Gasteiger partial charge in [-0.2, -0.15) is 0 Å². The van der Waals surface area contributed by atoms with Gasteiger partial charge in [0.1, 0.15) is 12.6 Å². The first-order valence-corrected chi connectivity index (χ1v) is 12.5. The number of hydrogen-bond donors (Lipinski definition) is 2.